The SMILES string of the molecule is COc1ccc(N(C(=O)Cc2c[nH]c3ccccc23)[C@@H](C(=O)NC2CCCCC2)c2ccc(F)cc2)cc1OC. The number of aromatic amines is 1. The summed E-state index contributed by atoms with van der Waals surface area (Å²) in [5, 5.41) is 4.13. The minimum Gasteiger partial charge on any atom is -0.493 e. The highest BCUT2D eigenvalue weighted by molar-refractivity contribution is 6.03. The number of methoxy groups -OCH3 is 2. The number of hydrogen-bond acceptors (Lipinski definition) is 4. The van der Waals surface area contributed by atoms with Crippen LogP contribution in [0.15, 0.2) is 72.9 Å². The fourth-order valence-electron chi connectivity index (χ4n) is 5.53. The van der Waals surface area contributed by atoms with E-state index in [1.54, 1.807) is 30.3 Å². The standard InChI is InChI=1S/C32H34FN3O4/c1-39-28-17-16-25(19-29(28)40-2)36(30(37)18-22-20-34-27-11-7-6-10-26(22)27)31(21-12-14-23(33)15-13-21)32(38)35-24-8-4-3-5-9-24/h6-7,10-17,19-20,24,31,34H,3-5,8-9,18H2,1-2H3,(H,35,38)/t31-/m1/s1. The smallest absolute Gasteiger partial charge is 0.248 e. The molecule has 4 aromatic rings. The Morgan fingerprint density at radius 1 is 0.975 bits per heavy atom. The maximum absolute atomic E-state index is 14.3. The Hall–Kier alpha value is -4.33. The van der Waals surface area contributed by atoms with E-state index in [0.717, 1.165) is 48.6 Å². The molecule has 2 amide bonds. The fraction of sp³-hybridized carbons (Fsp3) is 0.312. The molecule has 2 N–H and O–H groups in total. The molecule has 0 radical (unpaired) electrons. The van der Waals surface area contributed by atoms with Crippen LogP contribution in [0.4, 0.5) is 10.1 Å². The Labute approximate surface area is 233 Å². The topological polar surface area (TPSA) is 83.7 Å². The highest BCUT2D eigenvalue weighted by atomic mass is 19.1. The first-order valence-corrected chi connectivity index (χ1v) is 13.6. The summed E-state index contributed by atoms with van der Waals surface area (Å²) in [7, 11) is 3.06. The minimum absolute atomic E-state index is 0.0279. The van der Waals surface area contributed by atoms with Crippen molar-refractivity contribution in [3.8, 4) is 11.5 Å². The van der Waals surface area contributed by atoms with Crippen LogP contribution in [0.3, 0.4) is 0 Å². The monoisotopic (exact) mass is 543 g/mol. The molecule has 0 unspecified atom stereocenters. The van der Waals surface area contributed by atoms with Gasteiger partial charge in [0, 0.05) is 34.9 Å². The van der Waals surface area contributed by atoms with Crippen molar-refractivity contribution >= 4 is 28.4 Å². The predicted molar refractivity (Wildman–Crippen MR) is 153 cm³/mol. The van der Waals surface area contributed by atoms with Gasteiger partial charge in [0.2, 0.25) is 11.8 Å². The van der Waals surface area contributed by atoms with Crippen LogP contribution in [-0.2, 0) is 16.0 Å². The summed E-state index contributed by atoms with van der Waals surface area (Å²) in [4.78, 5) is 33.0. The van der Waals surface area contributed by atoms with Crippen LogP contribution in [0, 0.1) is 5.82 Å². The second-order valence-corrected chi connectivity index (χ2v) is 10.1. The summed E-state index contributed by atoms with van der Waals surface area (Å²) in [6, 6.07) is 17.7. The molecular formula is C32H34FN3O4. The molecule has 3 aromatic carbocycles. The summed E-state index contributed by atoms with van der Waals surface area (Å²) in [5.41, 5.74) is 2.72. The zero-order valence-electron chi connectivity index (χ0n) is 22.8. The Morgan fingerprint density at radius 2 is 1.70 bits per heavy atom. The normalized spacial score (nSPS) is 14.5. The Kier molecular flexibility index (Phi) is 8.34. The zero-order chi connectivity index (χ0) is 28.1. The van der Waals surface area contributed by atoms with Gasteiger partial charge in [-0.25, -0.2) is 4.39 Å². The second-order valence-electron chi connectivity index (χ2n) is 10.1. The van der Waals surface area contributed by atoms with Crippen molar-refractivity contribution in [2.75, 3.05) is 19.1 Å². The number of H-pyrrole nitrogens is 1. The van der Waals surface area contributed by atoms with E-state index < -0.39 is 11.9 Å². The van der Waals surface area contributed by atoms with Crippen molar-refractivity contribution in [2.45, 2.75) is 50.6 Å². The number of carbonyl (C=O) groups is 2. The third kappa shape index (κ3) is 5.81. The lowest BCUT2D eigenvalue weighted by Gasteiger charge is -2.34. The highest BCUT2D eigenvalue weighted by Crippen LogP contribution is 2.36. The molecule has 8 heteroatoms. The lowest BCUT2D eigenvalue weighted by Crippen LogP contribution is -2.47. The van der Waals surface area contributed by atoms with Gasteiger partial charge >= 0.3 is 0 Å². The molecule has 1 saturated carbocycles. The number of amides is 2. The van der Waals surface area contributed by atoms with Gasteiger partial charge in [0.15, 0.2) is 11.5 Å². The number of para-hydroxylation sites is 1. The van der Waals surface area contributed by atoms with Gasteiger partial charge in [-0.2, -0.15) is 0 Å². The molecule has 1 aliphatic rings. The molecule has 0 saturated heterocycles. The number of fused-ring (bicyclic) bond motifs is 1. The number of nitrogens with zero attached hydrogens (tertiary/aromatic N) is 1. The first-order chi connectivity index (χ1) is 19.5. The Balaban J connectivity index is 1.60. The van der Waals surface area contributed by atoms with Gasteiger partial charge in [-0.05, 0) is 54.3 Å². The Bertz CT molecular complexity index is 1480. The van der Waals surface area contributed by atoms with Crippen molar-refractivity contribution < 1.29 is 23.5 Å². The summed E-state index contributed by atoms with van der Waals surface area (Å²) in [6.07, 6.45) is 6.89. The summed E-state index contributed by atoms with van der Waals surface area (Å²) in [6.45, 7) is 0. The summed E-state index contributed by atoms with van der Waals surface area (Å²) in [5.74, 6) is -0.0839. The van der Waals surface area contributed by atoms with Crippen LogP contribution >= 0.6 is 0 Å². The number of anilines is 1. The van der Waals surface area contributed by atoms with E-state index in [0.29, 0.717) is 22.7 Å². The van der Waals surface area contributed by atoms with Crippen LogP contribution in [0.5, 0.6) is 11.5 Å². The van der Waals surface area contributed by atoms with E-state index in [1.165, 1.54) is 31.3 Å². The third-order valence-corrected chi connectivity index (χ3v) is 7.57. The molecule has 0 bridgehead atoms. The van der Waals surface area contributed by atoms with E-state index >= 15 is 0 Å². The highest BCUT2D eigenvalue weighted by Gasteiger charge is 2.35. The molecule has 40 heavy (non-hydrogen) atoms. The lowest BCUT2D eigenvalue weighted by molar-refractivity contribution is -0.127. The van der Waals surface area contributed by atoms with Crippen LogP contribution in [0.1, 0.15) is 49.3 Å². The van der Waals surface area contributed by atoms with E-state index in [1.807, 2.05) is 30.5 Å². The van der Waals surface area contributed by atoms with Crippen LogP contribution in [-0.4, -0.2) is 37.1 Å². The summed E-state index contributed by atoms with van der Waals surface area (Å²) >= 11 is 0. The van der Waals surface area contributed by atoms with Gasteiger partial charge in [0.25, 0.3) is 0 Å². The molecule has 1 aromatic heterocycles. The van der Waals surface area contributed by atoms with Gasteiger partial charge < -0.3 is 19.8 Å². The van der Waals surface area contributed by atoms with Crippen molar-refractivity contribution in [2.24, 2.45) is 0 Å². The van der Waals surface area contributed by atoms with E-state index in [-0.39, 0.29) is 24.3 Å². The number of rotatable bonds is 9. The predicted octanol–water partition coefficient (Wildman–Crippen LogP) is 6.09. The molecule has 1 aliphatic carbocycles. The molecule has 7 nitrogen and oxygen atoms in total. The molecular weight excluding hydrogens is 509 g/mol. The first kappa shape index (κ1) is 27.2. The van der Waals surface area contributed by atoms with Gasteiger partial charge in [-0.1, -0.05) is 49.6 Å². The van der Waals surface area contributed by atoms with Crippen molar-refractivity contribution in [3.05, 3.63) is 89.9 Å². The number of nitrogens with one attached hydrogen (secondary N) is 2. The molecule has 5 rings (SSSR count). The molecule has 0 aliphatic heterocycles. The molecule has 208 valence electrons. The third-order valence-electron chi connectivity index (χ3n) is 7.57. The summed E-state index contributed by atoms with van der Waals surface area (Å²) < 4.78 is 24.9. The minimum atomic E-state index is -1.03. The van der Waals surface area contributed by atoms with Gasteiger partial charge in [0.05, 0.1) is 20.6 Å². The maximum atomic E-state index is 14.3. The number of ether oxygens (including phenoxy) is 2. The average molecular weight is 544 g/mol. The van der Waals surface area contributed by atoms with Crippen molar-refractivity contribution in [1.29, 1.82) is 0 Å². The van der Waals surface area contributed by atoms with Gasteiger partial charge in [0.1, 0.15) is 11.9 Å². The van der Waals surface area contributed by atoms with Crippen molar-refractivity contribution in [3.63, 3.8) is 0 Å². The molecule has 0 spiro atoms. The van der Waals surface area contributed by atoms with Crippen LogP contribution in [0.25, 0.3) is 10.9 Å². The van der Waals surface area contributed by atoms with Gasteiger partial charge in [-0.15, -0.1) is 0 Å². The number of carbonyl (C=O) groups excluding carboxylic acids is 2. The Morgan fingerprint density at radius 3 is 2.42 bits per heavy atom. The lowest BCUT2D eigenvalue weighted by atomic mass is 9.94. The number of benzene rings is 3. The second kappa shape index (κ2) is 12.2. The largest absolute Gasteiger partial charge is 0.493 e. The number of aromatic nitrogens is 1. The number of halogens is 1. The van der Waals surface area contributed by atoms with Crippen molar-refractivity contribution in [1.82, 2.24) is 10.3 Å². The molecule has 1 atom stereocenters. The van der Waals surface area contributed by atoms with E-state index in [4.69, 9.17) is 9.47 Å². The zero-order valence-corrected chi connectivity index (χ0v) is 22.8. The van der Waals surface area contributed by atoms with Crippen LogP contribution < -0.4 is 19.7 Å². The maximum Gasteiger partial charge on any atom is 0.248 e. The fourth-order valence-corrected chi connectivity index (χ4v) is 5.53. The molecule has 1 heterocycles. The van der Waals surface area contributed by atoms with E-state index in [2.05, 4.69) is 10.3 Å². The van der Waals surface area contributed by atoms with E-state index in [9.17, 15) is 14.0 Å². The quantitative estimate of drug-likeness (QED) is 0.268. The number of hydrogen-bond donors (Lipinski definition) is 2. The van der Waals surface area contributed by atoms with Crippen LogP contribution in [0.2, 0.25) is 0 Å². The van der Waals surface area contributed by atoms with Gasteiger partial charge in [-0.3, -0.25) is 14.5 Å². The average Bonchev–Trinajstić information content (AvgIpc) is 3.39. The first-order valence-electron chi connectivity index (χ1n) is 13.6. The molecule has 1 fully saturated rings.